The van der Waals surface area contributed by atoms with E-state index in [9.17, 15) is 0 Å². The van der Waals surface area contributed by atoms with E-state index in [-0.39, 0.29) is 0 Å². The van der Waals surface area contributed by atoms with E-state index >= 15 is 0 Å². The molecule has 0 fully saturated rings. The topological polar surface area (TPSA) is 0 Å². The smallest absolute Gasteiger partial charge is 0.0312 e. The summed E-state index contributed by atoms with van der Waals surface area (Å²) < 4.78 is 1.33. The van der Waals surface area contributed by atoms with Gasteiger partial charge in [-0.25, -0.2) is 0 Å². The maximum Gasteiger partial charge on any atom is 0.0312 e. The lowest BCUT2D eigenvalue weighted by Crippen LogP contribution is -1.71. The minimum Gasteiger partial charge on any atom is -0.0611 e. The first-order chi connectivity index (χ1) is 4.34. The van der Waals surface area contributed by atoms with Crippen molar-refractivity contribution >= 4 is 52.7 Å². The van der Waals surface area contributed by atoms with E-state index in [2.05, 4.69) is 68.1 Å². The third-order valence-electron chi connectivity index (χ3n) is 0.920. The van der Waals surface area contributed by atoms with Gasteiger partial charge in [0.25, 0.3) is 0 Å². The number of hydrogen-bond acceptors (Lipinski definition) is 1. The van der Waals surface area contributed by atoms with E-state index in [1.54, 1.807) is 8.93 Å². The van der Waals surface area contributed by atoms with Crippen LogP contribution in [0, 0.1) is 3.57 Å². The molecule has 1 aromatic rings. The van der Waals surface area contributed by atoms with E-state index < -0.39 is 0 Å². The predicted octanol–water partition coefficient (Wildman–Crippen LogP) is 3.73. The van der Waals surface area contributed by atoms with Crippen LogP contribution in [0.4, 0.5) is 0 Å². The first-order valence-corrected chi connectivity index (χ1v) is 6.81. The molecule has 0 bridgehead atoms. The fourth-order valence-electron chi connectivity index (χ4n) is 0.507. The third kappa shape index (κ3) is 2.27. The minimum absolute atomic E-state index is 1.33. The highest BCUT2D eigenvalue weighted by Gasteiger charge is 1.93. The van der Waals surface area contributed by atoms with Crippen LogP contribution in [0.25, 0.3) is 0 Å². The first-order valence-electron chi connectivity index (χ1n) is 2.37. The van der Waals surface area contributed by atoms with Gasteiger partial charge in [0.05, 0.1) is 0 Å². The molecule has 0 N–H and O–H groups in total. The summed E-state index contributed by atoms with van der Waals surface area (Å²) in [4.78, 5) is 1.35. The third-order valence-corrected chi connectivity index (χ3v) is 4.17. The van der Waals surface area contributed by atoms with Crippen molar-refractivity contribution in [3.63, 3.8) is 0 Å². The van der Waals surface area contributed by atoms with Gasteiger partial charge in [-0.05, 0) is 34.7 Å². The van der Waals surface area contributed by atoms with Crippen molar-refractivity contribution in [2.45, 2.75) is 4.90 Å². The highest BCUT2D eigenvalue weighted by Crippen LogP contribution is 2.28. The van der Waals surface area contributed by atoms with Crippen LogP contribution in [0.2, 0.25) is 0 Å². The molecule has 0 unspecified atom stereocenters. The summed E-state index contributed by atoms with van der Waals surface area (Å²) in [5.74, 6) is 0. The van der Waals surface area contributed by atoms with Gasteiger partial charge in [-0.3, -0.25) is 0 Å². The van der Waals surface area contributed by atoms with Gasteiger partial charge in [0.1, 0.15) is 0 Å². The maximum absolute atomic E-state index is 2.33. The van der Waals surface area contributed by atoms with E-state index in [1.807, 2.05) is 0 Å². The summed E-state index contributed by atoms with van der Waals surface area (Å²) in [6.07, 6.45) is 0. The first kappa shape index (κ1) is 8.13. The summed E-state index contributed by atoms with van der Waals surface area (Å²) in [5, 5.41) is 0. The Labute approximate surface area is 84.5 Å². The number of benzene rings is 1. The van der Waals surface area contributed by atoms with Gasteiger partial charge >= 0.3 is 0 Å². The van der Waals surface area contributed by atoms with Crippen LogP contribution < -0.4 is 0 Å². The fourth-order valence-corrected chi connectivity index (χ4v) is 3.91. The molecule has 0 saturated heterocycles. The largest absolute Gasteiger partial charge is 0.0611 e. The minimum atomic E-state index is 1.33. The molecule has 0 aliphatic rings. The van der Waals surface area contributed by atoms with Crippen molar-refractivity contribution < 1.29 is 0 Å². The highest BCUT2D eigenvalue weighted by atomic mass is 127. The number of halogens is 2. The van der Waals surface area contributed by atoms with Crippen LogP contribution in [0.15, 0.2) is 29.2 Å². The maximum atomic E-state index is 2.33. The molecule has 1 rings (SSSR count). The molecular weight excluding hydrogens is 358 g/mol. The lowest BCUT2D eigenvalue weighted by molar-refractivity contribution is 1.42. The molecule has 0 saturated carbocycles. The van der Waals surface area contributed by atoms with E-state index in [0.717, 1.165) is 0 Å². The van der Waals surface area contributed by atoms with E-state index in [4.69, 9.17) is 0 Å². The summed E-state index contributed by atoms with van der Waals surface area (Å²) in [6.45, 7) is 0. The SMILES string of the molecule is ISc1ccccc1I. The Hall–Kier alpha value is 1.03. The van der Waals surface area contributed by atoms with Gasteiger partial charge in [0, 0.05) is 29.7 Å². The molecule has 0 amide bonds. The van der Waals surface area contributed by atoms with Gasteiger partial charge < -0.3 is 0 Å². The lowest BCUT2D eigenvalue weighted by Gasteiger charge is -1.94. The second-order valence-electron chi connectivity index (χ2n) is 1.51. The van der Waals surface area contributed by atoms with Crippen LogP contribution in [0.3, 0.4) is 0 Å². The van der Waals surface area contributed by atoms with Crippen molar-refractivity contribution in [1.82, 2.24) is 0 Å². The van der Waals surface area contributed by atoms with Crippen molar-refractivity contribution in [1.29, 1.82) is 0 Å². The van der Waals surface area contributed by atoms with Gasteiger partial charge in [-0.1, -0.05) is 21.1 Å². The monoisotopic (exact) mass is 362 g/mol. The molecule has 0 atom stereocenters. The van der Waals surface area contributed by atoms with Crippen molar-refractivity contribution in [2.75, 3.05) is 0 Å². The summed E-state index contributed by atoms with van der Waals surface area (Å²) >= 11 is 4.63. The molecule has 0 aliphatic carbocycles. The Kier molecular flexibility index (Phi) is 3.63. The van der Waals surface area contributed by atoms with Gasteiger partial charge in [-0.15, -0.1) is 0 Å². The average molecular weight is 362 g/mol. The second-order valence-corrected chi connectivity index (χ2v) is 4.59. The second kappa shape index (κ2) is 4.02. The van der Waals surface area contributed by atoms with Gasteiger partial charge in [-0.2, -0.15) is 0 Å². The molecule has 0 aromatic heterocycles. The summed E-state index contributed by atoms with van der Waals surface area (Å²) in [6, 6.07) is 8.35. The number of rotatable bonds is 1. The van der Waals surface area contributed by atoms with Crippen LogP contribution in [-0.2, 0) is 0 Å². The zero-order valence-corrected chi connectivity index (χ0v) is 9.61. The van der Waals surface area contributed by atoms with Crippen LogP contribution in [0.5, 0.6) is 0 Å². The molecule has 9 heavy (non-hydrogen) atoms. The number of hydrogen-bond donors (Lipinski definition) is 0. The van der Waals surface area contributed by atoms with E-state index in [0.29, 0.717) is 0 Å². The van der Waals surface area contributed by atoms with Crippen molar-refractivity contribution in [3.8, 4) is 0 Å². The van der Waals surface area contributed by atoms with Crippen LogP contribution >= 0.6 is 52.7 Å². The summed E-state index contributed by atoms with van der Waals surface area (Å²) in [7, 11) is 1.76. The molecule has 0 heterocycles. The van der Waals surface area contributed by atoms with Crippen LogP contribution in [-0.4, -0.2) is 0 Å². The summed E-state index contributed by atoms with van der Waals surface area (Å²) in [5.41, 5.74) is 0. The van der Waals surface area contributed by atoms with Gasteiger partial charge in [0.2, 0.25) is 0 Å². The zero-order valence-electron chi connectivity index (χ0n) is 4.47. The van der Waals surface area contributed by atoms with Crippen LogP contribution in [0.1, 0.15) is 0 Å². The predicted molar refractivity (Wildman–Crippen MR) is 59.0 cm³/mol. The molecule has 48 valence electrons. The van der Waals surface area contributed by atoms with E-state index in [1.165, 1.54) is 8.47 Å². The molecule has 3 heteroatoms. The Morgan fingerprint density at radius 3 is 2.33 bits per heavy atom. The van der Waals surface area contributed by atoms with Crippen molar-refractivity contribution in [3.05, 3.63) is 27.8 Å². The average Bonchev–Trinajstić information content (AvgIpc) is 1.89. The Bertz CT molecular complexity index is 200. The zero-order chi connectivity index (χ0) is 6.69. The molecule has 0 nitrogen and oxygen atoms in total. The Balaban J connectivity index is 3.01. The molecule has 0 radical (unpaired) electrons. The standard InChI is InChI=1S/C6H4I2S/c7-5-3-1-2-4-6(5)9-8/h1-4H. The Morgan fingerprint density at radius 1 is 1.22 bits per heavy atom. The Morgan fingerprint density at radius 2 is 1.89 bits per heavy atom. The molecule has 1 aromatic carbocycles. The molecular formula is C6H4I2S. The quantitative estimate of drug-likeness (QED) is 0.687. The highest BCUT2D eigenvalue weighted by molar-refractivity contribution is 14.2. The lowest BCUT2D eigenvalue weighted by atomic mass is 10.4. The fraction of sp³-hybridized carbons (Fsp3) is 0. The molecule has 0 aliphatic heterocycles. The van der Waals surface area contributed by atoms with Crippen molar-refractivity contribution in [2.24, 2.45) is 0 Å². The van der Waals surface area contributed by atoms with Gasteiger partial charge in [0.15, 0.2) is 0 Å². The normalized spacial score (nSPS) is 9.56. The molecule has 0 spiro atoms.